The molecule has 1 aliphatic carbocycles. The number of carbonyl (C=O) groups excluding carboxylic acids is 1. The van der Waals surface area contributed by atoms with Gasteiger partial charge in [-0.2, -0.15) is 8.78 Å². The molecule has 1 heterocycles. The number of fused-ring (bicyclic) bond motifs is 1. The van der Waals surface area contributed by atoms with Crippen molar-refractivity contribution < 1.29 is 23.0 Å². The van der Waals surface area contributed by atoms with E-state index in [1.54, 1.807) is 25.3 Å². The molecule has 1 fully saturated rings. The van der Waals surface area contributed by atoms with Crippen molar-refractivity contribution in [3.63, 3.8) is 0 Å². The summed E-state index contributed by atoms with van der Waals surface area (Å²) in [5.74, 6) is 0.955. The van der Waals surface area contributed by atoms with Crippen molar-refractivity contribution in [2.24, 2.45) is 0 Å². The van der Waals surface area contributed by atoms with E-state index in [1.165, 1.54) is 0 Å². The minimum Gasteiger partial charge on any atom is -0.497 e. The zero-order chi connectivity index (χ0) is 21.1. The largest absolute Gasteiger partial charge is 0.497 e. The number of ether oxygens (including phenoxy) is 2. The number of benzene rings is 2. The van der Waals surface area contributed by atoms with Gasteiger partial charge in [0.05, 0.1) is 19.2 Å². The maximum atomic E-state index is 13.1. The Morgan fingerprint density at radius 1 is 1.10 bits per heavy atom. The van der Waals surface area contributed by atoms with Gasteiger partial charge in [0.15, 0.2) is 0 Å². The fourth-order valence-electron chi connectivity index (χ4n) is 4.53. The van der Waals surface area contributed by atoms with E-state index in [0.717, 1.165) is 54.5 Å². The molecular formula is C23H26F2N2O3. The van der Waals surface area contributed by atoms with Gasteiger partial charge in [-0.05, 0) is 73.1 Å². The predicted molar refractivity (Wildman–Crippen MR) is 109 cm³/mol. The summed E-state index contributed by atoms with van der Waals surface area (Å²) in [6, 6.07) is 12.7. The fraction of sp³-hybridized carbons (Fsp3) is 0.435. The van der Waals surface area contributed by atoms with Gasteiger partial charge in [0.2, 0.25) is 0 Å². The van der Waals surface area contributed by atoms with Crippen LogP contribution in [0.15, 0.2) is 42.5 Å². The number of carbonyl (C=O) groups is 1. The molecule has 0 radical (unpaired) electrons. The van der Waals surface area contributed by atoms with Gasteiger partial charge < -0.3 is 19.7 Å². The predicted octanol–water partition coefficient (Wildman–Crippen LogP) is 5.22. The molecule has 0 bridgehead atoms. The Kier molecular flexibility index (Phi) is 6.06. The first-order valence-electron chi connectivity index (χ1n) is 10.3. The average Bonchev–Trinajstić information content (AvgIpc) is 3.23. The van der Waals surface area contributed by atoms with Crippen molar-refractivity contribution in [2.45, 2.75) is 50.8 Å². The van der Waals surface area contributed by atoms with Crippen LogP contribution >= 0.6 is 0 Å². The van der Waals surface area contributed by atoms with Crippen molar-refractivity contribution in [1.29, 1.82) is 0 Å². The second-order valence-corrected chi connectivity index (χ2v) is 7.76. The normalized spacial score (nSPS) is 20.7. The Hall–Kier alpha value is -2.83. The molecule has 1 saturated heterocycles. The molecule has 0 saturated carbocycles. The van der Waals surface area contributed by atoms with Crippen molar-refractivity contribution in [2.75, 3.05) is 13.7 Å². The van der Waals surface area contributed by atoms with Crippen molar-refractivity contribution in [3.05, 3.63) is 59.2 Å². The van der Waals surface area contributed by atoms with E-state index in [2.05, 4.69) is 10.1 Å². The van der Waals surface area contributed by atoms with Crippen LogP contribution in [-0.2, 0) is 6.42 Å². The molecule has 2 amide bonds. The Morgan fingerprint density at radius 3 is 2.60 bits per heavy atom. The lowest BCUT2D eigenvalue weighted by atomic mass is 9.87. The zero-order valence-corrected chi connectivity index (χ0v) is 16.9. The average molecular weight is 416 g/mol. The van der Waals surface area contributed by atoms with Gasteiger partial charge in [0, 0.05) is 6.54 Å². The highest BCUT2D eigenvalue weighted by atomic mass is 19.3. The van der Waals surface area contributed by atoms with Crippen LogP contribution in [0, 0.1) is 0 Å². The van der Waals surface area contributed by atoms with Crippen molar-refractivity contribution >= 4 is 6.03 Å². The molecule has 0 aromatic heterocycles. The van der Waals surface area contributed by atoms with E-state index in [-0.39, 0.29) is 23.9 Å². The lowest BCUT2D eigenvalue weighted by molar-refractivity contribution is -0.0499. The second kappa shape index (κ2) is 8.90. The standard InChI is InChI=1S/C23H26F2N2O3/c1-29-17-9-7-15(8-10-17)21-6-3-13-27(21)23(28)26-20-5-2-4-16-14-18(30-22(24)25)11-12-19(16)20/h7-12,14,20-22H,2-6,13H2,1H3,(H,26,28). The first-order valence-corrected chi connectivity index (χ1v) is 10.3. The number of alkyl halides is 2. The number of halogens is 2. The van der Waals surface area contributed by atoms with Crippen molar-refractivity contribution in [1.82, 2.24) is 10.2 Å². The highest BCUT2D eigenvalue weighted by molar-refractivity contribution is 5.76. The van der Waals surface area contributed by atoms with Crippen LogP contribution in [0.25, 0.3) is 0 Å². The number of nitrogens with one attached hydrogen (secondary N) is 1. The number of amides is 2. The van der Waals surface area contributed by atoms with E-state index >= 15 is 0 Å². The van der Waals surface area contributed by atoms with Crippen LogP contribution in [0.5, 0.6) is 11.5 Å². The molecule has 1 aliphatic heterocycles. The van der Waals surface area contributed by atoms with Crippen LogP contribution in [-0.4, -0.2) is 31.2 Å². The summed E-state index contributed by atoms with van der Waals surface area (Å²) in [5.41, 5.74) is 3.04. The Morgan fingerprint density at radius 2 is 1.87 bits per heavy atom. The third kappa shape index (κ3) is 4.35. The molecule has 5 nitrogen and oxygen atoms in total. The molecule has 2 atom stereocenters. The van der Waals surface area contributed by atoms with Crippen LogP contribution in [0.1, 0.15) is 54.5 Å². The molecule has 30 heavy (non-hydrogen) atoms. The lowest BCUT2D eigenvalue weighted by Crippen LogP contribution is -2.42. The summed E-state index contributed by atoms with van der Waals surface area (Å²) >= 11 is 0. The van der Waals surface area contributed by atoms with Crippen LogP contribution in [0.3, 0.4) is 0 Å². The van der Waals surface area contributed by atoms with E-state index in [9.17, 15) is 13.6 Å². The second-order valence-electron chi connectivity index (χ2n) is 7.76. The van der Waals surface area contributed by atoms with E-state index < -0.39 is 6.61 Å². The summed E-state index contributed by atoms with van der Waals surface area (Å²) in [6.07, 6.45) is 4.39. The summed E-state index contributed by atoms with van der Waals surface area (Å²) in [4.78, 5) is 15.0. The maximum Gasteiger partial charge on any atom is 0.387 e. The monoisotopic (exact) mass is 416 g/mol. The third-order valence-corrected chi connectivity index (χ3v) is 5.97. The molecule has 0 spiro atoms. The number of hydrogen-bond donors (Lipinski definition) is 1. The molecule has 4 rings (SSSR count). The molecule has 2 aromatic rings. The summed E-state index contributed by atoms with van der Waals surface area (Å²) < 4.78 is 34.7. The molecule has 160 valence electrons. The van der Waals surface area contributed by atoms with Gasteiger partial charge >= 0.3 is 12.6 Å². The number of rotatable bonds is 5. The molecule has 7 heteroatoms. The van der Waals surface area contributed by atoms with Crippen molar-refractivity contribution in [3.8, 4) is 11.5 Å². The van der Waals surface area contributed by atoms with Gasteiger partial charge in [0.1, 0.15) is 11.5 Å². The van der Waals surface area contributed by atoms with Crippen LogP contribution < -0.4 is 14.8 Å². The van der Waals surface area contributed by atoms with Gasteiger partial charge in [0.25, 0.3) is 0 Å². The topological polar surface area (TPSA) is 50.8 Å². The minimum absolute atomic E-state index is 0.0424. The number of hydrogen-bond acceptors (Lipinski definition) is 3. The number of likely N-dealkylation sites (tertiary alicyclic amines) is 1. The van der Waals surface area contributed by atoms with Gasteiger partial charge in [-0.25, -0.2) is 4.79 Å². The number of nitrogens with zero attached hydrogens (tertiary/aromatic N) is 1. The number of aryl methyl sites for hydroxylation is 1. The maximum absolute atomic E-state index is 13.1. The SMILES string of the molecule is COc1ccc(C2CCCN2C(=O)NC2CCCc3cc(OC(F)F)ccc32)cc1. The Bertz CT molecular complexity index is 889. The highest BCUT2D eigenvalue weighted by Crippen LogP contribution is 2.35. The summed E-state index contributed by atoms with van der Waals surface area (Å²) in [6.45, 7) is -2.13. The lowest BCUT2D eigenvalue weighted by Gasteiger charge is -2.31. The molecular weight excluding hydrogens is 390 g/mol. The van der Waals surface area contributed by atoms with Crippen LogP contribution in [0.4, 0.5) is 13.6 Å². The van der Waals surface area contributed by atoms with Crippen LogP contribution in [0.2, 0.25) is 0 Å². The van der Waals surface area contributed by atoms with E-state index in [1.807, 2.05) is 29.2 Å². The molecule has 2 aromatic carbocycles. The van der Waals surface area contributed by atoms with Gasteiger partial charge in [-0.1, -0.05) is 18.2 Å². The molecule has 2 aliphatic rings. The zero-order valence-electron chi connectivity index (χ0n) is 16.9. The first-order chi connectivity index (χ1) is 14.5. The third-order valence-electron chi connectivity index (χ3n) is 5.97. The fourth-order valence-corrected chi connectivity index (χ4v) is 4.53. The minimum atomic E-state index is -2.84. The quantitative estimate of drug-likeness (QED) is 0.727. The molecule has 1 N–H and O–H groups in total. The highest BCUT2D eigenvalue weighted by Gasteiger charge is 2.32. The van der Waals surface area contributed by atoms with E-state index in [0.29, 0.717) is 6.54 Å². The smallest absolute Gasteiger partial charge is 0.387 e. The van der Waals surface area contributed by atoms with Gasteiger partial charge in [-0.15, -0.1) is 0 Å². The van der Waals surface area contributed by atoms with E-state index in [4.69, 9.17) is 4.74 Å². The number of urea groups is 1. The van der Waals surface area contributed by atoms with Gasteiger partial charge in [-0.3, -0.25) is 0 Å². The number of methoxy groups -OCH3 is 1. The Balaban J connectivity index is 1.47. The molecule has 2 unspecified atom stereocenters. The summed E-state index contributed by atoms with van der Waals surface area (Å²) in [5, 5.41) is 3.17. The Labute approximate surface area is 175 Å². The summed E-state index contributed by atoms with van der Waals surface area (Å²) in [7, 11) is 1.63. The first kappa shape index (κ1) is 20.4.